The number of carbonyl (C=O) groups is 1. The molecule has 106 valence electrons. The van der Waals surface area contributed by atoms with Crippen molar-refractivity contribution in [1.29, 1.82) is 0 Å². The van der Waals surface area contributed by atoms with E-state index in [1.165, 1.54) is 7.11 Å². The number of methoxy groups -OCH3 is 1. The first-order valence-electron chi connectivity index (χ1n) is 6.33. The van der Waals surface area contributed by atoms with Crippen LogP contribution in [0.2, 0.25) is 5.02 Å². The summed E-state index contributed by atoms with van der Waals surface area (Å²) in [4.78, 5) is 13.3. The molecule has 0 aliphatic heterocycles. The molecule has 0 saturated carbocycles. The van der Waals surface area contributed by atoms with Crippen LogP contribution < -0.4 is 4.74 Å². The fourth-order valence-electron chi connectivity index (χ4n) is 1.68. The lowest BCUT2D eigenvalue weighted by Crippen LogP contribution is -2.34. The van der Waals surface area contributed by atoms with E-state index in [-0.39, 0.29) is 5.97 Å². The molecule has 0 unspecified atom stereocenters. The van der Waals surface area contributed by atoms with E-state index in [0.717, 1.165) is 18.7 Å². The van der Waals surface area contributed by atoms with Gasteiger partial charge >= 0.3 is 5.97 Å². The Bertz CT molecular complexity index is 398. The third kappa shape index (κ3) is 6.45. The van der Waals surface area contributed by atoms with Crippen molar-refractivity contribution >= 4 is 17.6 Å². The summed E-state index contributed by atoms with van der Waals surface area (Å²) >= 11 is 5.87. The second-order valence-corrected chi connectivity index (χ2v) is 4.59. The summed E-state index contributed by atoms with van der Waals surface area (Å²) in [5.74, 6) is 0.512. The Kier molecular flexibility index (Phi) is 7.30. The predicted molar refractivity (Wildman–Crippen MR) is 75.7 cm³/mol. The van der Waals surface area contributed by atoms with Crippen molar-refractivity contribution in [3.05, 3.63) is 29.3 Å². The molecule has 0 heterocycles. The van der Waals surface area contributed by atoms with Crippen molar-refractivity contribution in [2.24, 2.45) is 0 Å². The Morgan fingerprint density at radius 3 is 2.79 bits per heavy atom. The van der Waals surface area contributed by atoms with Gasteiger partial charge in [-0.25, -0.2) is 0 Å². The molecule has 1 aromatic rings. The molecule has 0 aromatic heterocycles. The average Bonchev–Trinajstić information content (AvgIpc) is 2.39. The first-order valence-corrected chi connectivity index (χ1v) is 6.71. The highest BCUT2D eigenvalue weighted by atomic mass is 35.5. The highest BCUT2D eigenvalue weighted by Crippen LogP contribution is 2.16. The first-order chi connectivity index (χ1) is 9.15. The van der Waals surface area contributed by atoms with Gasteiger partial charge in [-0.2, -0.15) is 0 Å². The van der Waals surface area contributed by atoms with Crippen LogP contribution in [0.5, 0.6) is 5.75 Å². The summed E-state index contributed by atoms with van der Waals surface area (Å²) in [6, 6.07) is 7.27. The lowest BCUT2D eigenvalue weighted by Gasteiger charge is -2.20. The van der Waals surface area contributed by atoms with Crippen LogP contribution in [0.1, 0.15) is 13.3 Å². The summed E-state index contributed by atoms with van der Waals surface area (Å²) < 4.78 is 10.3. The van der Waals surface area contributed by atoms with Gasteiger partial charge in [-0.15, -0.1) is 0 Å². The van der Waals surface area contributed by atoms with Gasteiger partial charge in [-0.05, 0) is 31.2 Å². The number of ether oxygens (including phenoxy) is 2. The van der Waals surface area contributed by atoms with E-state index in [1.807, 2.05) is 17.0 Å². The smallest absolute Gasteiger partial charge is 0.319 e. The van der Waals surface area contributed by atoms with E-state index in [1.54, 1.807) is 12.1 Å². The van der Waals surface area contributed by atoms with E-state index in [9.17, 15) is 4.79 Å². The molecule has 19 heavy (non-hydrogen) atoms. The molecule has 0 spiro atoms. The van der Waals surface area contributed by atoms with Gasteiger partial charge in [-0.1, -0.05) is 24.6 Å². The van der Waals surface area contributed by atoms with Crippen LogP contribution in [0.15, 0.2) is 24.3 Å². The first kappa shape index (κ1) is 15.8. The molecule has 0 saturated heterocycles. The molecule has 0 atom stereocenters. The summed E-state index contributed by atoms with van der Waals surface area (Å²) in [5.41, 5.74) is 0. The van der Waals surface area contributed by atoms with E-state index >= 15 is 0 Å². The van der Waals surface area contributed by atoms with E-state index < -0.39 is 0 Å². The topological polar surface area (TPSA) is 38.8 Å². The maximum absolute atomic E-state index is 11.3. The van der Waals surface area contributed by atoms with Gasteiger partial charge in [-0.3, -0.25) is 9.69 Å². The van der Waals surface area contributed by atoms with Gasteiger partial charge in [0.05, 0.1) is 13.7 Å². The van der Waals surface area contributed by atoms with Crippen LogP contribution in [0.4, 0.5) is 0 Å². The van der Waals surface area contributed by atoms with Crippen molar-refractivity contribution in [3.8, 4) is 5.75 Å². The lowest BCUT2D eigenvalue weighted by atomic mass is 10.3. The number of carbonyl (C=O) groups excluding carboxylic acids is 1. The Hall–Kier alpha value is -1.26. The third-order valence-electron chi connectivity index (χ3n) is 2.59. The maximum Gasteiger partial charge on any atom is 0.319 e. The fourth-order valence-corrected chi connectivity index (χ4v) is 1.86. The standard InChI is InChI=1S/C14H20ClNO3/c1-3-7-16(11-14(17)18-2)8-9-19-13-6-4-5-12(15)10-13/h4-6,10H,3,7-9,11H2,1-2H3. The number of benzene rings is 1. The number of rotatable bonds is 8. The molecule has 1 rings (SSSR count). The molecule has 4 nitrogen and oxygen atoms in total. The highest BCUT2D eigenvalue weighted by molar-refractivity contribution is 6.30. The van der Waals surface area contributed by atoms with Crippen molar-refractivity contribution in [3.63, 3.8) is 0 Å². The monoisotopic (exact) mass is 285 g/mol. The molecule has 5 heteroatoms. The van der Waals surface area contributed by atoms with Crippen LogP contribution >= 0.6 is 11.6 Å². The van der Waals surface area contributed by atoms with Crippen LogP contribution in [0.25, 0.3) is 0 Å². The normalized spacial score (nSPS) is 10.5. The average molecular weight is 286 g/mol. The zero-order chi connectivity index (χ0) is 14.1. The van der Waals surface area contributed by atoms with Crippen molar-refractivity contribution in [1.82, 2.24) is 4.90 Å². The molecular formula is C14H20ClNO3. The second-order valence-electron chi connectivity index (χ2n) is 4.16. The number of esters is 1. The van der Waals surface area contributed by atoms with E-state index in [0.29, 0.717) is 24.7 Å². The van der Waals surface area contributed by atoms with Crippen LogP contribution in [0, 0.1) is 0 Å². The number of hydrogen-bond acceptors (Lipinski definition) is 4. The zero-order valence-corrected chi connectivity index (χ0v) is 12.2. The zero-order valence-electron chi connectivity index (χ0n) is 11.4. The van der Waals surface area contributed by atoms with Crippen LogP contribution in [0.3, 0.4) is 0 Å². The molecule has 0 aliphatic rings. The van der Waals surface area contributed by atoms with Gasteiger partial charge in [0.25, 0.3) is 0 Å². The van der Waals surface area contributed by atoms with Crippen molar-refractivity contribution in [2.45, 2.75) is 13.3 Å². The molecule has 0 aliphatic carbocycles. The largest absolute Gasteiger partial charge is 0.492 e. The summed E-state index contributed by atoms with van der Waals surface area (Å²) in [5, 5.41) is 0.650. The van der Waals surface area contributed by atoms with E-state index in [4.69, 9.17) is 16.3 Å². The van der Waals surface area contributed by atoms with Crippen molar-refractivity contribution in [2.75, 3.05) is 33.4 Å². The van der Waals surface area contributed by atoms with Gasteiger partial charge in [0, 0.05) is 11.6 Å². The van der Waals surface area contributed by atoms with E-state index in [2.05, 4.69) is 11.7 Å². The molecule has 0 bridgehead atoms. The summed E-state index contributed by atoms with van der Waals surface area (Å²) in [6.07, 6.45) is 0.980. The van der Waals surface area contributed by atoms with Gasteiger partial charge < -0.3 is 9.47 Å². The highest BCUT2D eigenvalue weighted by Gasteiger charge is 2.10. The minimum absolute atomic E-state index is 0.226. The SMILES string of the molecule is CCCN(CCOc1cccc(Cl)c1)CC(=O)OC. The van der Waals surface area contributed by atoms with Gasteiger partial charge in [0.1, 0.15) is 12.4 Å². The van der Waals surface area contributed by atoms with Gasteiger partial charge in [0.2, 0.25) is 0 Å². The Morgan fingerprint density at radius 2 is 2.16 bits per heavy atom. The summed E-state index contributed by atoms with van der Waals surface area (Å²) in [7, 11) is 1.40. The molecule has 0 N–H and O–H groups in total. The Balaban J connectivity index is 2.37. The number of nitrogens with zero attached hydrogens (tertiary/aromatic N) is 1. The molecule has 0 fully saturated rings. The van der Waals surface area contributed by atoms with Gasteiger partial charge in [0.15, 0.2) is 0 Å². The second kappa shape index (κ2) is 8.77. The fraction of sp³-hybridized carbons (Fsp3) is 0.500. The number of halogens is 1. The van der Waals surface area contributed by atoms with Crippen LogP contribution in [-0.4, -0.2) is 44.2 Å². The Morgan fingerprint density at radius 1 is 1.37 bits per heavy atom. The maximum atomic E-state index is 11.3. The third-order valence-corrected chi connectivity index (χ3v) is 2.83. The minimum Gasteiger partial charge on any atom is -0.492 e. The molecule has 0 radical (unpaired) electrons. The van der Waals surface area contributed by atoms with Crippen molar-refractivity contribution < 1.29 is 14.3 Å². The minimum atomic E-state index is -0.226. The lowest BCUT2D eigenvalue weighted by molar-refractivity contribution is -0.142. The molecular weight excluding hydrogens is 266 g/mol. The number of hydrogen-bond donors (Lipinski definition) is 0. The van der Waals surface area contributed by atoms with Crippen LogP contribution in [-0.2, 0) is 9.53 Å². The molecule has 0 amide bonds. The Labute approximate surface area is 119 Å². The summed E-state index contributed by atoms with van der Waals surface area (Å²) in [6.45, 7) is 4.39. The predicted octanol–water partition coefficient (Wildman–Crippen LogP) is 2.60. The quantitative estimate of drug-likeness (QED) is 0.688. The molecule has 1 aromatic carbocycles.